The lowest BCUT2D eigenvalue weighted by Crippen LogP contribution is -2.12. The van der Waals surface area contributed by atoms with Crippen LogP contribution in [0.3, 0.4) is 0 Å². The second-order valence-electron chi connectivity index (χ2n) is 8.36. The molecule has 34 heavy (non-hydrogen) atoms. The van der Waals surface area contributed by atoms with Crippen molar-refractivity contribution in [3.8, 4) is 11.5 Å². The molecule has 0 aliphatic carbocycles. The van der Waals surface area contributed by atoms with Crippen molar-refractivity contribution in [3.05, 3.63) is 88.5 Å². The van der Waals surface area contributed by atoms with Crippen LogP contribution in [0.25, 0.3) is 10.9 Å². The summed E-state index contributed by atoms with van der Waals surface area (Å²) in [5.41, 5.74) is 2.91. The first kappa shape index (κ1) is 23.6. The van der Waals surface area contributed by atoms with Gasteiger partial charge in [0.05, 0.1) is 13.0 Å². The van der Waals surface area contributed by atoms with Crippen LogP contribution in [0.1, 0.15) is 29.9 Å². The van der Waals surface area contributed by atoms with Crippen molar-refractivity contribution < 1.29 is 19.1 Å². The lowest BCUT2D eigenvalue weighted by molar-refractivity contribution is -0.143. The summed E-state index contributed by atoms with van der Waals surface area (Å²) in [5, 5.41) is 3.87. The van der Waals surface area contributed by atoms with Crippen molar-refractivity contribution in [2.45, 2.75) is 20.3 Å². The maximum atomic E-state index is 12.6. The third-order valence-corrected chi connectivity index (χ3v) is 5.80. The Kier molecular flexibility index (Phi) is 7.33. The summed E-state index contributed by atoms with van der Waals surface area (Å²) in [7, 11) is 0. The number of carbonyl (C=O) groups excluding carboxylic acids is 2. The lowest BCUT2D eigenvalue weighted by Gasteiger charge is -2.11. The monoisotopic (exact) mass is 520 g/mol. The Morgan fingerprint density at radius 1 is 0.971 bits per heavy atom. The smallest absolute Gasteiger partial charge is 0.310 e. The quantitative estimate of drug-likeness (QED) is 0.253. The predicted octanol–water partition coefficient (Wildman–Crippen LogP) is 6.72. The minimum absolute atomic E-state index is 0.193. The van der Waals surface area contributed by atoms with Gasteiger partial charge in [0.15, 0.2) is 0 Å². The van der Waals surface area contributed by atoms with Crippen molar-refractivity contribution in [3.63, 3.8) is 0 Å². The van der Waals surface area contributed by atoms with E-state index in [-0.39, 0.29) is 18.3 Å². The zero-order valence-corrected chi connectivity index (χ0v) is 20.5. The Bertz CT molecular complexity index is 1280. The molecule has 174 valence electrons. The van der Waals surface area contributed by atoms with Crippen LogP contribution in [-0.4, -0.2) is 23.5 Å². The fourth-order valence-electron chi connectivity index (χ4n) is 3.34. The summed E-state index contributed by atoms with van der Waals surface area (Å²) < 4.78 is 11.9. The highest BCUT2D eigenvalue weighted by atomic mass is 79.9. The largest absolute Gasteiger partial charge is 0.465 e. The summed E-state index contributed by atoms with van der Waals surface area (Å²) >= 11 is 3.50. The SMILES string of the molecule is CC(C)COC(=O)Cc1ccc(Oc2ccc(NC(=O)c3cc4ccccc4[nH]3)cc2)cc1Br. The van der Waals surface area contributed by atoms with E-state index in [9.17, 15) is 9.59 Å². The van der Waals surface area contributed by atoms with Crippen LogP contribution in [0.4, 0.5) is 5.69 Å². The fraction of sp³-hybridized carbons (Fsp3) is 0.185. The number of para-hydroxylation sites is 1. The van der Waals surface area contributed by atoms with Crippen molar-refractivity contribution in [1.82, 2.24) is 4.98 Å². The Labute approximate surface area is 206 Å². The molecular formula is C27H25BrN2O4. The molecule has 1 aromatic heterocycles. The first-order chi connectivity index (χ1) is 16.4. The number of hydrogen-bond acceptors (Lipinski definition) is 4. The molecule has 6 nitrogen and oxygen atoms in total. The minimum Gasteiger partial charge on any atom is -0.465 e. The van der Waals surface area contributed by atoms with Gasteiger partial charge in [-0.15, -0.1) is 0 Å². The van der Waals surface area contributed by atoms with Crippen LogP contribution in [0.5, 0.6) is 11.5 Å². The van der Waals surface area contributed by atoms with Crippen molar-refractivity contribution in [2.75, 3.05) is 11.9 Å². The average Bonchev–Trinajstić information content (AvgIpc) is 3.25. The molecule has 1 amide bonds. The van der Waals surface area contributed by atoms with Gasteiger partial charge in [-0.25, -0.2) is 0 Å². The number of nitrogens with one attached hydrogen (secondary N) is 2. The molecule has 4 aromatic rings. The van der Waals surface area contributed by atoms with Crippen LogP contribution >= 0.6 is 15.9 Å². The number of halogens is 1. The van der Waals surface area contributed by atoms with E-state index in [1.807, 2.05) is 56.3 Å². The van der Waals surface area contributed by atoms with E-state index in [1.54, 1.807) is 30.3 Å². The standard InChI is InChI=1S/C27H25BrN2O4/c1-17(2)16-33-26(31)14-18-7-10-22(15-23(18)28)34-21-11-8-20(9-12-21)29-27(32)25-13-19-5-3-4-6-24(19)30-25/h3-13,15,17,30H,14,16H2,1-2H3,(H,29,32). The summed E-state index contributed by atoms with van der Waals surface area (Å²) in [4.78, 5) is 27.7. The van der Waals surface area contributed by atoms with Gasteiger partial charge in [-0.05, 0) is 60.0 Å². The molecule has 0 aliphatic rings. The Balaban J connectivity index is 1.35. The van der Waals surface area contributed by atoms with Gasteiger partial charge in [0.1, 0.15) is 17.2 Å². The summed E-state index contributed by atoms with van der Waals surface area (Å²) in [6.07, 6.45) is 0.193. The number of benzene rings is 3. The zero-order chi connectivity index (χ0) is 24.1. The molecule has 0 fully saturated rings. The maximum Gasteiger partial charge on any atom is 0.310 e. The predicted molar refractivity (Wildman–Crippen MR) is 136 cm³/mol. The highest BCUT2D eigenvalue weighted by Gasteiger charge is 2.12. The van der Waals surface area contributed by atoms with Crippen molar-refractivity contribution in [2.24, 2.45) is 5.92 Å². The molecule has 2 N–H and O–H groups in total. The van der Waals surface area contributed by atoms with Crippen molar-refractivity contribution in [1.29, 1.82) is 0 Å². The molecule has 7 heteroatoms. The van der Waals surface area contributed by atoms with Gasteiger partial charge in [-0.1, -0.05) is 54.0 Å². The van der Waals surface area contributed by atoms with Crippen molar-refractivity contribution >= 4 is 44.4 Å². The molecule has 0 radical (unpaired) electrons. The van der Waals surface area contributed by atoms with Gasteiger partial charge in [0.2, 0.25) is 0 Å². The number of aromatic amines is 1. The van der Waals surface area contributed by atoms with Crippen LogP contribution in [-0.2, 0) is 16.0 Å². The van der Waals surface area contributed by atoms with E-state index in [1.165, 1.54) is 0 Å². The second-order valence-corrected chi connectivity index (χ2v) is 9.21. The van der Waals surface area contributed by atoms with Gasteiger partial charge in [-0.2, -0.15) is 0 Å². The number of carbonyl (C=O) groups is 2. The highest BCUT2D eigenvalue weighted by Crippen LogP contribution is 2.28. The maximum absolute atomic E-state index is 12.6. The number of anilines is 1. The van der Waals surface area contributed by atoms with Crippen LogP contribution < -0.4 is 10.1 Å². The van der Waals surface area contributed by atoms with Crippen LogP contribution in [0, 0.1) is 5.92 Å². The van der Waals surface area contributed by atoms with E-state index in [4.69, 9.17) is 9.47 Å². The molecule has 0 atom stereocenters. The fourth-order valence-corrected chi connectivity index (χ4v) is 3.84. The molecule has 4 rings (SSSR count). The van der Waals surface area contributed by atoms with E-state index in [2.05, 4.69) is 26.2 Å². The van der Waals surface area contributed by atoms with E-state index in [0.717, 1.165) is 20.9 Å². The second kappa shape index (κ2) is 10.6. The molecule has 0 bridgehead atoms. The highest BCUT2D eigenvalue weighted by molar-refractivity contribution is 9.10. The van der Waals surface area contributed by atoms with E-state index in [0.29, 0.717) is 35.4 Å². The molecular weight excluding hydrogens is 496 g/mol. The molecule has 0 saturated carbocycles. The molecule has 0 saturated heterocycles. The Hall–Kier alpha value is -3.58. The number of H-pyrrole nitrogens is 1. The number of ether oxygens (including phenoxy) is 2. The third kappa shape index (κ3) is 6.05. The van der Waals surface area contributed by atoms with Crippen LogP contribution in [0.2, 0.25) is 0 Å². The normalized spacial score (nSPS) is 10.9. The first-order valence-electron chi connectivity index (χ1n) is 11.0. The first-order valence-corrected chi connectivity index (χ1v) is 11.8. The van der Waals surface area contributed by atoms with Gasteiger partial charge in [0.25, 0.3) is 5.91 Å². The number of hydrogen-bond donors (Lipinski definition) is 2. The van der Waals surface area contributed by atoms with Crippen LogP contribution in [0.15, 0.2) is 77.3 Å². The number of esters is 1. The number of fused-ring (bicyclic) bond motifs is 1. The molecule has 0 spiro atoms. The lowest BCUT2D eigenvalue weighted by atomic mass is 10.1. The summed E-state index contributed by atoms with van der Waals surface area (Å²) in [6, 6.07) is 22.2. The third-order valence-electron chi connectivity index (χ3n) is 5.06. The van der Waals surface area contributed by atoms with E-state index < -0.39 is 0 Å². The van der Waals surface area contributed by atoms with Gasteiger partial charge < -0.3 is 19.8 Å². The number of amides is 1. The minimum atomic E-state index is -0.256. The molecule has 1 heterocycles. The average molecular weight is 521 g/mol. The van der Waals surface area contributed by atoms with Gasteiger partial charge in [-0.3, -0.25) is 9.59 Å². The summed E-state index contributed by atoms with van der Waals surface area (Å²) in [5.74, 6) is 1.08. The van der Waals surface area contributed by atoms with E-state index >= 15 is 0 Å². The number of rotatable bonds is 8. The zero-order valence-electron chi connectivity index (χ0n) is 18.9. The molecule has 3 aromatic carbocycles. The Morgan fingerprint density at radius 2 is 1.71 bits per heavy atom. The molecule has 0 aliphatic heterocycles. The summed E-state index contributed by atoms with van der Waals surface area (Å²) in [6.45, 7) is 4.41. The Morgan fingerprint density at radius 3 is 2.41 bits per heavy atom. The van der Waals surface area contributed by atoms with Gasteiger partial charge >= 0.3 is 5.97 Å². The molecule has 0 unspecified atom stereocenters. The topological polar surface area (TPSA) is 80.4 Å². The van der Waals surface area contributed by atoms with Gasteiger partial charge in [0, 0.05) is 21.1 Å². The number of aromatic nitrogens is 1.